The number of methoxy groups -OCH3 is 1. The molecular formula is C14H16N2O4. The number of anilines is 1. The monoisotopic (exact) mass is 276 g/mol. The Morgan fingerprint density at radius 3 is 2.95 bits per heavy atom. The number of hydrogen-bond donors (Lipinski definition) is 1. The third-order valence-corrected chi connectivity index (χ3v) is 3.16. The van der Waals surface area contributed by atoms with Crippen molar-refractivity contribution < 1.29 is 18.7 Å². The zero-order valence-electron chi connectivity index (χ0n) is 11.2. The molecule has 1 atom stereocenters. The minimum atomic E-state index is 0.0546. The Morgan fingerprint density at radius 1 is 1.40 bits per heavy atom. The fraction of sp³-hybridized carbons (Fsp3) is 0.357. The summed E-state index contributed by atoms with van der Waals surface area (Å²) in [5.41, 5.74) is 6.34. The summed E-state index contributed by atoms with van der Waals surface area (Å²) in [5.74, 6) is 2.15. The fourth-order valence-electron chi connectivity index (χ4n) is 2.21. The van der Waals surface area contributed by atoms with Gasteiger partial charge in [0.25, 0.3) is 0 Å². The van der Waals surface area contributed by atoms with E-state index in [-0.39, 0.29) is 6.10 Å². The summed E-state index contributed by atoms with van der Waals surface area (Å²) in [6, 6.07) is 7.26. The molecule has 0 saturated carbocycles. The van der Waals surface area contributed by atoms with Crippen molar-refractivity contribution in [3.63, 3.8) is 0 Å². The molecule has 1 aliphatic rings. The van der Waals surface area contributed by atoms with E-state index in [0.29, 0.717) is 29.7 Å². The maximum Gasteiger partial charge on any atom is 0.172 e. The third-order valence-electron chi connectivity index (χ3n) is 3.16. The van der Waals surface area contributed by atoms with E-state index in [1.807, 2.05) is 18.2 Å². The Bertz CT molecular complexity index is 591. The predicted octanol–water partition coefficient (Wildman–Crippen LogP) is 2.10. The van der Waals surface area contributed by atoms with Gasteiger partial charge in [-0.25, -0.2) is 0 Å². The minimum absolute atomic E-state index is 0.0546. The Hall–Kier alpha value is -2.21. The van der Waals surface area contributed by atoms with E-state index in [4.69, 9.17) is 24.5 Å². The minimum Gasteiger partial charge on any atom is -0.492 e. The molecule has 20 heavy (non-hydrogen) atoms. The first kappa shape index (κ1) is 12.8. The number of nitrogen functional groups attached to an aromatic ring is 1. The van der Waals surface area contributed by atoms with Crippen LogP contribution in [-0.4, -0.2) is 31.6 Å². The summed E-state index contributed by atoms with van der Waals surface area (Å²) in [6.07, 6.45) is 0.932. The van der Waals surface area contributed by atoms with Gasteiger partial charge in [0.15, 0.2) is 23.1 Å². The molecule has 106 valence electrons. The lowest BCUT2D eigenvalue weighted by atomic mass is 10.1. The number of aromatic nitrogens is 1. The summed E-state index contributed by atoms with van der Waals surface area (Å²) < 4.78 is 21.9. The van der Waals surface area contributed by atoms with Crippen molar-refractivity contribution in [2.24, 2.45) is 0 Å². The topological polar surface area (TPSA) is 79.7 Å². The maximum atomic E-state index is 5.92. The third kappa shape index (κ3) is 2.42. The van der Waals surface area contributed by atoms with E-state index in [2.05, 4.69) is 5.16 Å². The highest BCUT2D eigenvalue weighted by molar-refractivity contribution is 5.71. The number of nitrogens with zero attached hydrogens (tertiary/aromatic N) is 1. The van der Waals surface area contributed by atoms with Gasteiger partial charge >= 0.3 is 0 Å². The van der Waals surface area contributed by atoms with Crippen LogP contribution in [0.15, 0.2) is 28.8 Å². The number of benzene rings is 1. The van der Waals surface area contributed by atoms with Gasteiger partial charge in [-0.05, 0) is 12.1 Å². The van der Waals surface area contributed by atoms with Crippen molar-refractivity contribution in [3.05, 3.63) is 24.3 Å². The summed E-state index contributed by atoms with van der Waals surface area (Å²) in [4.78, 5) is 0. The van der Waals surface area contributed by atoms with Gasteiger partial charge in [0.2, 0.25) is 0 Å². The first-order valence-corrected chi connectivity index (χ1v) is 6.42. The maximum absolute atomic E-state index is 5.92. The van der Waals surface area contributed by atoms with Crippen LogP contribution in [0.4, 0.5) is 5.82 Å². The lowest BCUT2D eigenvalue weighted by Gasteiger charge is -2.16. The predicted molar refractivity (Wildman–Crippen MR) is 72.8 cm³/mol. The molecule has 2 heterocycles. The zero-order chi connectivity index (χ0) is 13.9. The van der Waals surface area contributed by atoms with Gasteiger partial charge in [0.1, 0.15) is 6.10 Å². The summed E-state index contributed by atoms with van der Waals surface area (Å²) in [6.45, 7) is 1.33. The van der Waals surface area contributed by atoms with Crippen LogP contribution in [0.1, 0.15) is 6.42 Å². The van der Waals surface area contributed by atoms with Crippen LogP contribution in [0.25, 0.3) is 11.3 Å². The van der Waals surface area contributed by atoms with Crippen molar-refractivity contribution in [3.8, 4) is 22.8 Å². The Morgan fingerprint density at radius 2 is 2.30 bits per heavy atom. The van der Waals surface area contributed by atoms with Gasteiger partial charge in [-0.3, -0.25) is 0 Å². The second-order valence-corrected chi connectivity index (χ2v) is 4.56. The van der Waals surface area contributed by atoms with Gasteiger partial charge < -0.3 is 24.5 Å². The van der Waals surface area contributed by atoms with E-state index < -0.39 is 0 Å². The molecule has 3 rings (SSSR count). The molecule has 0 bridgehead atoms. The highest BCUT2D eigenvalue weighted by atomic mass is 16.6. The number of hydrogen-bond acceptors (Lipinski definition) is 6. The number of ether oxygens (including phenoxy) is 3. The summed E-state index contributed by atoms with van der Waals surface area (Å²) in [5, 5.41) is 3.69. The number of rotatable bonds is 4. The van der Waals surface area contributed by atoms with Gasteiger partial charge in [-0.15, -0.1) is 0 Å². The van der Waals surface area contributed by atoms with Crippen LogP contribution in [0, 0.1) is 0 Å². The molecule has 2 N–H and O–H groups in total. The van der Waals surface area contributed by atoms with Crippen molar-refractivity contribution in [1.82, 2.24) is 5.16 Å². The van der Waals surface area contributed by atoms with Crippen molar-refractivity contribution in [2.75, 3.05) is 26.1 Å². The first-order chi connectivity index (χ1) is 9.78. The van der Waals surface area contributed by atoms with Gasteiger partial charge in [-0.1, -0.05) is 11.2 Å². The van der Waals surface area contributed by atoms with Crippen LogP contribution in [0.5, 0.6) is 11.5 Å². The van der Waals surface area contributed by atoms with E-state index in [9.17, 15) is 0 Å². The van der Waals surface area contributed by atoms with Gasteiger partial charge in [-0.2, -0.15) is 0 Å². The SMILES string of the molecule is COc1c(OC2CCOC2)cccc1-c1cc(N)no1. The molecule has 1 aromatic carbocycles. The van der Waals surface area contributed by atoms with Crippen molar-refractivity contribution in [2.45, 2.75) is 12.5 Å². The van der Waals surface area contributed by atoms with Crippen molar-refractivity contribution in [1.29, 1.82) is 0 Å². The molecule has 1 fully saturated rings. The average molecular weight is 276 g/mol. The lowest BCUT2D eigenvalue weighted by molar-refractivity contribution is 0.139. The molecule has 0 aliphatic carbocycles. The molecule has 2 aromatic rings. The van der Waals surface area contributed by atoms with Crippen LogP contribution >= 0.6 is 0 Å². The normalized spacial score (nSPS) is 18.1. The smallest absolute Gasteiger partial charge is 0.172 e. The average Bonchev–Trinajstić information content (AvgIpc) is 3.10. The Labute approximate surface area is 116 Å². The zero-order valence-corrected chi connectivity index (χ0v) is 11.2. The second kappa shape index (κ2) is 5.42. The van der Waals surface area contributed by atoms with Crippen LogP contribution < -0.4 is 15.2 Å². The van der Waals surface area contributed by atoms with E-state index >= 15 is 0 Å². The summed E-state index contributed by atoms with van der Waals surface area (Å²) in [7, 11) is 1.59. The Kier molecular flexibility index (Phi) is 3.47. The van der Waals surface area contributed by atoms with Crippen LogP contribution in [-0.2, 0) is 4.74 Å². The molecule has 0 spiro atoms. The fourth-order valence-corrected chi connectivity index (χ4v) is 2.21. The highest BCUT2D eigenvalue weighted by Gasteiger charge is 2.21. The number of nitrogens with two attached hydrogens (primary N) is 1. The van der Waals surface area contributed by atoms with Crippen molar-refractivity contribution >= 4 is 5.82 Å². The first-order valence-electron chi connectivity index (χ1n) is 6.42. The van der Waals surface area contributed by atoms with Gasteiger partial charge in [0.05, 0.1) is 25.9 Å². The highest BCUT2D eigenvalue weighted by Crippen LogP contribution is 2.39. The van der Waals surface area contributed by atoms with Crippen LogP contribution in [0.3, 0.4) is 0 Å². The molecule has 6 heteroatoms. The molecule has 1 saturated heterocycles. The molecule has 0 amide bonds. The molecule has 1 aliphatic heterocycles. The second-order valence-electron chi connectivity index (χ2n) is 4.56. The molecule has 0 radical (unpaired) electrons. The largest absolute Gasteiger partial charge is 0.492 e. The van der Waals surface area contributed by atoms with Gasteiger partial charge in [0, 0.05) is 12.5 Å². The lowest BCUT2D eigenvalue weighted by Crippen LogP contribution is -2.16. The molecular weight excluding hydrogens is 260 g/mol. The summed E-state index contributed by atoms with van der Waals surface area (Å²) >= 11 is 0. The molecule has 1 unspecified atom stereocenters. The number of para-hydroxylation sites is 1. The standard InChI is InChI=1S/C14H16N2O4/c1-17-14-10(12-7-13(15)16-20-12)3-2-4-11(14)19-9-5-6-18-8-9/h2-4,7,9H,5-6,8H2,1H3,(H2,15,16). The van der Waals surface area contributed by atoms with Crippen LogP contribution in [0.2, 0.25) is 0 Å². The Balaban J connectivity index is 1.94. The molecule has 6 nitrogen and oxygen atoms in total. The quantitative estimate of drug-likeness (QED) is 0.921. The van der Waals surface area contributed by atoms with E-state index in [1.54, 1.807) is 13.2 Å². The molecule has 1 aromatic heterocycles. The van der Waals surface area contributed by atoms with E-state index in [1.165, 1.54) is 0 Å². The van der Waals surface area contributed by atoms with E-state index in [0.717, 1.165) is 18.6 Å².